The van der Waals surface area contributed by atoms with Gasteiger partial charge in [0, 0.05) is 6.54 Å². The SMILES string of the molecule is CCN1C(=O)/C(=C\c2ccc(OCc3ccc(C)cc3)cc2)SC1=Nc1ccc(OC)cc1. The predicted octanol–water partition coefficient (Wildman–Crippen LogP) is 6.21. The molecular weight excluding hydrogens is 432 g/mol. The zero-order chi connectivity index (χ0) is 23.2. The molecule has 1 saturated heterocycles. The number of methoxy groups -OCH3 is 1. The molecule has 0 bridgehead atoms. The summed E-state index contributed by atoms with van der Waals surface area (Å²) in [6.45, 7) is 5.10. The van der Waals surface area contributed by atoms with Gasteiger partial charge in [0.1, 0.15) is 18.1 Å². The van der Waals surface area contributed by atoms with E-state index in [1.165, 1.54) is 17.3 Å². The lowest BCUT2D eigenvalue weighted by molar-refractivity contribution is -0.122. The van der Waals surface area contributed by atoms with Gasteiger partial charge in [0.05, 0.1) is 17.7 Å². The number of aryl methyl sites for hydroxylation is 1. The molecule has 1 amide bonds. The van der Waals surface area contributed by atoms with Gasteiger partial charge in [-0.1, -0.05) is 42.0 Å². The Morgan fingerprint density at radius 3 is 2.24 bits per heavy atom. The number of rotatable bonds is 7. The number of amidine groups is 1. The minimum atomic E-state index is -0.0329. The van der Waals surface area contributed by atoms with E-state index >= 15 is 0 Å². The monoisotopic (exact) mass is 458 g/mol. The number of hydrogen-bond donors (Lipinski definition) is 0. The number of nitrogens with zero attached hydrogens (tertiary/aromatic N) is 2. The minimum Gasteiger partial charge on any atom is -0.497 e. The van der Waals surface area contributed by atoms with Crippen molar-refractivity contribution in [1.82, 2.24) is 4.90 Å². The van der Waals surface area contributed by atoms with Crippen LogP contribution in [0.15, 0.2) is 82.7 Å². The predicted molar refractivity (Wildman–Crippen MR) is 135 cm³/mol. The van der Waals surface area contributed by atoms with Crippen LogP contribution >= 0.6 is 11.8 Å². The summed E-state index contributed by atoms with van der Waals surface area (Å²) in [5.41, 5.74) is 4.08. The van der Waals surface area contributed by atoms with Gasteiger partial charge in [-0.15, -0.1) is 0 Å². The highest BCUT2D eigenvalue weighted by molar-refractivity contribution is 8.18. The van der Waals surface area contributed by atoms with E-state index in [1.54, 1.807) is 12.0 Å². The highest BCUT2D eigenvalue weighted by Gasteiger charge is 2.32. The van der Waals surface area contributed by atoms with Crippen LogP contribution in [-0.2, 0) is 11.4 Å². The zero-order valence-corrected chi connectivity index (χ0v) is 19.8. The van der Waals surface area contributed by atoms with Crippen LogP contribution in [-0.4, -0.2) is 29.6 Å². The Morgan fingerprint density at radius 2 is 1.61 bits per heavy atom. The van der Waals surface area contributed by atoms with Gasteiger partial charge in [0.25, 0.3) is 5.91 Å². The second kappa shape index (κ2) is 10.4. The number of hydrogen-bond acceptors (Lipinski definition) is 5. The van der Waals surface area contributed by atoms with Gasteiger partial charge in [-0.05, 0) is 79.2 Å². The number of thioether (sulfide) groups is 1. The van der Waals surface area contributed by atoms with Crippen LogP contribution in [0.2, 0.25) is 0 Å². The lowest BCUT2D eigenvalue weighted by Crippen LogP contribution is -2.28. The first kappa shape index (κ1) is 22.7. The number of carbonyl (C=O) groups excluding carboxylic acids is 1. The maximum absolute atomic E-state index is 12.9. The van der Waals surface area contributed by atoms with Crippen LogP contribution in [0.3, 0.4) is 0 Å². The Kier molecular flexibility index (Phi) is 7.15. The molecule has 0 saturated carbocycles. The number of benzene rings is 3. The summed E-state index contributed by atoms with van der Waals surface area (Å²) in [6.07, 6.45) is 1.90. The molecule has 5 nitrogen and oxygen atoms in total. The topological polar surface area (TPSA) is 51.1 Å². The molecule has 1 fully saturated rings. The number of amides is 1. The van der Waals surface area contributed by atoms with Crippen LogP contribution in [0.4, 0.5) is 5.69 Å². The van der Waals surface area contributed by atoms with E-state index in [2.05, 4.69) is 36.2 Å². The van der Waals surface area contributed by atoms with Crippen molar-refractivity contribution >= 4 is 34.6 Å². The Bertz CT molecular complexity index is 1170. The largest absolute Gasteiger partial charge is 0.497 e. The molecule has 1 aliphatic heterocycles. The van der Waals surface area contributed by atoms with Gasteiger partial charge >= 0.3 is 0 Å². The summed E-state index contributed by atoms with van der Waals surface area (Å²) >= 11 is 1.39. The fraction of sp³-hybridized carbons (Fsp3) is 0.185. The van der Waals surface area contributed by atoms with Crippen molar-refractivity contribution in [2.75, 3.05) is 13.7 Å². The number of aliphatic imine (C=N–C) groups is 1. The normalized spacial score (nSPS) is 16.0. The van der Waals surface area contributed by atoms with Gasteiger partial charge in [0.2, 0.25) is 0 Å². The summed E-state index contributed by atoms with van der Waals surface area (Å²) in [5, 5.41) is 0.678. The van der Waals surface area contributed by atoms with E-state index < -0.39 is 0 Å². The molecule has 1 aliphatic rings. The second-order valence-electron chi connectivity index (χ2n) is 7.60. The van der Waals surface area contributed by atoms with Gasteiger partial charge in [-0.2, -0.15) is 0 Å². The first-order chi connectivity index (χ1) is 16.1. The Hall–Kier alpha value is -3.51. The lowest BCUT2D eigenvalue weighted by Gasteiger charge is -2.12. The third-order valence-corrected chi connectivity index (χ3v) is 6.21. The fourth-order valence-corrected chi connectivity index (χ4v) is 4.36. The standard InChI is InChI=1S/C27H26N2O3S/c1-4-29-26(30)25(33-27(29)28-22-11-15-23(31-3)16-12-22)17-20-9-13-24(14-10-20)32-18-21-7-5-19(2)6-8-21/h5-17H,4,18H2,1-3H3/b25-17+,28-27?. The molecule has 3 aromatic rings. The van der Waals surface area contributed by atoms with Gasteiger partial charge in [0.15, 0.2) is 5.17 Å². The molecule has 0 unspecified atom stereocenters. The van der Waals surface area contributed by atoms with E-state index in [0.717, 1.165) is 28.3 Å². The molecule has 4 rings (SSSR count). The van der Waals surface area contributed by atoms with E-state index in [1.807, 2.05) is 61.5 Å². The van der Waals surface area contributed by atoms with Crippen molar-refractivity contribution in [1.29, 1.82) is 0 Å². The number of likely N-dealkylation sites (N-methyl/N-ethyl adjacent to an activating group) is 1. The highest BCUT2D eigenvalue weighted by atomic mass is 32.2. The summed E-state index contributed by atoms with van der Waals surface area (Å²) in [6, 6.07) is 23.5. The van der Waals surface area contributed by atoms with E-state index in [-0.39, 0.29) is 5.91 Å². The van der Waals surface area contributed by atoms with E-state index in [0.29, 0.717) is 23.2 Å². The van der Waals surface area contributed by atoms with E-state index in [4.69, 9.17) is 9.47 Å². The van der Waals surface area contributed by atoms with Crippen LogP contribution in [0.1, 0.15) is 23.6 Å². The third-order valence-electron chi connectivity index (χ3n) is 5.21. The molecule has 6 heteroatoms. The van der Waals surface area contributed by atoms with Crippen molar-refractivity contribution in [3.05, 3.63) is 94.4 Å². The van der Waals surface area contributed by atoms with Gasteiger partial charge < -0.3 is 9.47 Å². The molecular formula is C27H26N2O3S. The fourth-order valence-electron chi connectivity index (χ4n) is 3.30. The zero-order valence-electron chi connectivity index (χ0n) is 18.9. The average Bonchev–Trinajstić information content (AvgIpc) is 3.13. The van der Waals surface area contributed by atoms with Gasteiger partial charge in [-0.25, -0.2) is 4.99 Å². The van der Waals surface area contributed by atoms with Crippen molar-refractivity contribution < 1.29 is 14.3 Å². The molecule has 168 valence electrons. The maximum atomic E-state index is 12.9. The Morgan fingerprint density at radius 1 is 0.939 bits per heavy atom. The summed E-state index contributed by atoms with van der Waals surface area (Å²) in [5.74, 6) is 1.53. The number of ether oxygens (including phenoxy) is 2. The first-order valence-corrected chi connectivity index (χ1v) is 11.6. The molecule has 3 aromatic carbocycles. The molecule has 0 aliphatic carbocycles. The molecule has 0 radical (unpaired) electrons. The summed E-state index contributed by atoms with van der Waals surface area (Å²) < 4.78 is 11.1. The molecule has 0 atom stereocenters. The van der Waals surface area contributed by atoms with Crippen molar-refractivity contribution in [2.24, 2.45) is 4.99 Å². The minimum absolute atomic E-state index is 0.0329. The molecule has 0 N–H and O–H groups in total. The third kappa shape index (κ3) is 5.65. The van der Waals surface area contributed by atoms with Crippen molar-refractivity contribution in [3.63, 3.8) is 0 Å². The first-order valence-electron chi connectivity index (χ1n) is 10.8. The molecule has 1 heterocycles. The quantitative estimate of drug-likeness (QED) is 0.395. The maximum Gasteiger partial charge on any atom is 0.266 e. The van der Waals surface area contributed by atoms with Crippen molar-refractivity contribution in [3.8, 4) is 11.5 Å². The van der Waals surface area contributed by atoms with E-state index in [9.17, 15) is 4.79 Å². The molecule has 0 aromatic heterocycles. The van der Waals surface area contributed by atoms with Crippen LogP contribution in [0.25, 0.3) is 6.08 Å². The van der Waals surface area contributed by atoms with Gasteiger partial charge in [-0.3, -0.25) is 9.69 Å². The Labute approximate surface area is 198 Å². The second-order valence-corrected chi connectivity index (χ2v) is 8.60. The highest BCUT2D eigenvalue weighted by Crippen LogP contribution is 2.34. The number of carbonyl (C=O) groups is 1. The van der Waals surface area contributed by atoms with Crippen LogP contribution in [0.5, 0.6) is 11.5 Å². The van der Waals surface area contributed by atoms with Crippen LogP contribution in [0, 0.1) is 6.92 Å². The van der Waals surface area contributed by atoms with Crippen LogP contribution < -0.4 is 9.47 Å². The molecule has 33 heavy (non-hydrogen) atoms. The lowest BCUT2D eigenvalue weighted by atomic mass is 10.1. The summed E-state index contributed by atoms with van der Waals surface area (Å²) in [7, 11) is 1.63. The smallest absolute Gasteiger partial charge is 0.266 e. The Balaban J connectivity index is 1.45. The average molecular weight is 459 g/mol. The van der Waals surface area contributed by atoms with Crippen molar-refractivity contribution in [2.45, 2.75) is 20.5 Å². The molecule has 0 spiro atoms. The summed E-state index contributed by atoms with van der Waals surface area (Å²) in [4.78, 5) is 19.9.